The topological polar surface area (TPSA) is 23.8 Å². The van der Waals surface area contributed by atoms with Crippen LogP contribution < -0.4 is 0 Å². The third-order valence-corrected chi connectivity index (χ3v) is 3.93. The molecule has 0 saturated carbocycles. The smallest absolute Gasteiger partial charge is 0.101 e. The Morgan fingerprint density at radius 2 is 1.50 bits per heavy atom. The summed E-state index contributed by atoms with van der Waals surface area (Å²) in [6, 6.07) is 10.6. The molecule has 0 saturated heterocycles. The molecule has 2 aromatic rings. The Balaban J connectivity index is 2.71. The number of nitrogens with zero attached hydrogens (tertiary/aromatic N) is 1. The van der Waals surface area contributed by atoms with Crippen LogP contribution >= 0.6 is 46.4 Å². The highest BCUT2D eigenvalue weighted by Gasteiger charge is 2.12. The van der Waals surface area contributed by atoms with Gasteiger partial charge in [0.15, 0.2) is 0 Å². The van der Waals surface area contributed by atoms with E-state index in [2.05, 4.69) is 6.07 Å². The predicted octanol–water partition coefficient (Wildman–Crippen LogP) is 5.84. The minimum atomic E-state index is 0.294. The quantitative estimate of drug-likeness (QED) is 0.606. The fourth-order valence-corrected chi connectivity index (χ4v) is 2.40. The first-order valence-corrected chi connectivity index (χ1v) is 6.39. The average molecular weight is 317 g/mol. The highest BCUT2D eigenvalue weighted by Crippen LogP contribution is 2.37. The highest BCUT2D eigenvalue weighted by atomic mass is 35.5. The first-order valence-electron chi connectivity index (χ1n) is 4.88. The Labute approximate surface area is 124 Å². The lowest BCUT2D eigenvalue weighted by molar-refractivity contribution is 1.48. The van der Waals surface area contributed by atoms with Gasteiger partial charge in [-0.3, -0.25) is 0 Å². The SMILES string of the molecule is N#Cc1c(Cl)cccc1-c1cc(Cl)c(Cl)c(Cl)c1. The molecule has 18 heavy (non-hydrogen) atoms. The maximum Gasteiger partial charge on any atom is 0.101 e. The predicted molar refractivity (Wildman–Crippen MR) is 76.6 cm³/mol. The molecule has 0 atom stereocenters. The number of halogens is 4. The fraction of sp³-hybridized carbons (Fsp3) is 0. The monoisotopic (exact) mass is 315 g/mol. The van der Waals surface area contributed by atoms with Crippen LogP contribution in [-0.4, -0.2) is 0 Å². The van der Waals surface area contributed by atoms with E-state index in [1.54, 1.807) is 30.3 Å². The summed E-state index contributed by atoms with van der Waals surface area (Å²) in [5.74, 6) is 0. The van der Waals surface area contributed by atoms with Crippen molar-refractivity contribution in [3.05, 3.63) is 56.0 Å². The summed E-state index contributed by atoms with van der Waals surface area (Å²) in [4.78, 5) is 0. The van der Waals surface area contributed by atoms with Gasteiger partial charge in [-0.15, -0.1) is 0 Å². The summed E-state index contributed by atoms with van der Waals surface area (Å²) in [5, 5.41) is 10.5. The molecule has 0 bridgehead atoms. The number of nitriles is 1. The largest absolute Gasteiger partial charge is 0.192 e. The van der Waals surface area contributed by atoms with Gasteiger partial charge < -0.3 is 0 Å². The van der Waals surface area contributed by atoms with Gasteiger partial charge in [0.25, 0.3) is 0 Å². The second-order valence-corrected chi connectivity index (χ2v) is 5.13. The Bertz CT molecular complexity index is 636. The van der Waals surface area contributed by atoms with Crippen LogP contribution in [0.2, 0.25) is 20.1 Å². The molecule has 2 rings (SSSR count). The molecule has 0 heterocycles. The minimum Gasteiger partial charge on any atom is -0.192 e. The van der Waals surface area contributed by atoms with Gasteiger partial charge in [-0.1, -0.05) is 58.5 Å². The van der Waals surface area contributed by atoms with Crippen LogP contribution in [0.1, 0.15) is 5.56 Å². The highest BCUT2D eigenvalue weighted by molar-refractivity contribution is 6.48. The molecular weight excluding hydrogens is 312 g/mol. The van der Waals surface area contributed by atoms with E-state index in [9.17, 15) is 0 Å². The molecule has 0 aliphatic rings. The summed E-state index contributed by atoms with van der Waals surface area (Å²) in [5.41, 5.74) is 1.76. The van der Waals surface area contributed by atoms with E-state index in [1.807, 2.05) is 0 Å². The second-order valence-electron chi connectivity index (χ2n) is 3.53. The van der Waals surface area contributed by atoms with Crippen molar-refractivity contribution in [2.75, 3.05) is 0 Å². The molecule has 0 amide bonds. The maximum absolute atomic E-state index is 9.13. The van der Waals surface area contributed by atoms with Gasteiger partial charge in [0.2, 0.25) is 0 Å². The van der Waals surface area contributed by atoms with E-state index in [-0.39, 0.29) is 0 Å². The van der Waals surface area contributed by atoms with E-state index in [0.717, 1.165) is 0 Å². The molecule has 0 aromatic heterocycles. The van der Waals surface area contributed by atoms with Crippen LogP contribution in [-0.2, 0) is 0 Å². The molecular formula is C13H5Cl4N. The Morgan fingerprint density at radius 3 is 2.06 bits per heavy atom. The fourth-order valence-electron chi connectivity index (χ4n) is 1.59. The van der Waals surface area contributed by atoms with Crippen molar-refractivity contribution < 1.29 is 0 Å². The summed E-state index contributed by atoms with van der Waals surface area (Å²) in [6.45, 7) is 0. The maximum atomic E-state index is 9.13. The van der Waals surface area contributed by atoms with Crippen molar-refractivity contribution >= 4 is 46.4 Å². The van der Waals surface area contributed by atoms with Gasteiger partial charge in [-0.05, 0) is 23.8 Å². The number of rotatable bonds is 1. The van der Waals surface area contributed by atoms with E-state index >= 15 is 0 Å². The summed E-state index contributed by atoms with van der Waals surface area (Å²) in [7, 11) is 0. The molecule has 0 aliphatic carbocycles. The van der Waals surface area contributed by atoms with Gasteiger partial charge in [-0.25, -0.2) is 0 Å². The molecule has 90 valence electrons. The van der Waals surface area contributed by atoms with Gasteiger partial charge in [0.1, 0.15) is 6.07 Å². The molecule has 0 aliphatic heterocycles. The standard InChI is InChI=1S/C13H5Cl4N/c14-10-3-1-2-8(9(10)6-18)7-4-11(15)13(17)12(16)5-7/h1-5H. The summed E-state index contributed by atoms with van der Waals surface area (Å²) < 4.78 is 0. The lowest BCUT2D eigenvalue weighted by Gasteiger charge is -2.08. The first kappa shape index (κ1) is 13.5. The van der Waals surface area contributed by atoms with E-state index in [0.29, 0.717) is 36.8 Å². The van der Waals surface area contributed by atoms with Crippen LogP contribution in [0.4, 0.5) is 0 Å². The molecule has 5 heteroatoms. The van der Waals surface area contributed by atoms with Crippen LogP contribution in [0.5, 0.6) is 0 Å². The third-order valence-electron chi connectivity index (χ3n) is 2.42. The Kier molecular flexibility index (Phi) is 4.04. The minimum absolute atomic E-state index is 0.294. The Morgan fingerprint density at radius 1 is 0.889 bits per heavy atom. The van der Waals surface area contributed by atoms with Crippen LogP contribution in [0.15, 0.2) is 30.3 Å². The second kappa shape index (κ2) is 5.38. The zero-order valence-corrected chi connectivity index (χ0v) is 11.9. The number of hydrogen-bond donors (Lipinski definition) is 0. The van der Waals surface area contributed by atoms with Crippen LogP contribution in [0.25, 0.3) is 11.1 Å². The van der Waals surface area contributed by atoms with Crippen molar-refractivity contribution in [3.63, 3.8) is 0 Å². The summed E-state index contributed by atoms with van der Waals surface area (Å²) >= 11 is 23.8. The van der Waals surface area contributed by atoms with Crippen molar-refractivity contribution in [1.29, 1.82) is 5.26 Å². The third kappa shape index (κ3) is 2.43. The van der Waals surface area contributed by atoms with Gasteiger partial charge in [0.05, 0.1) is 25.7 Å². The summed E-state index contributed by atoms with van der Waals surface area (Å²) in [6.07, 6.45) is 0. The van der Waals surface area contributed by atoms with E-state index in [4.69, 9.17) is 51.7 Å². The lowest BCUT2D eigenvalue weighted by atomic mass is 10.0. The van der Waals surface area contributed by atoms with E-state index in [1.165, 1.54) is 0 Å². The van der Waals surface area contributed by atoms with Crippen molar-refractivity contribution in [1.82, 2.24) is 0 Å². The molecule has 0 N–H and O–H groups in total. The number of benzene rings is 2. The molecule has 0 fully saturated rings. The van der Waals surface area contributed by atoms with Crippen molar-refractivity contribution in [2.24, 2.45) is 0 Å². The normalized spacial score (nSPS) is 10.2. The Hall–Kier alpha value is -0.910. The van der Waals surface area contributed by atoms with Crippen molar-refractivity contribution in [2.45, 2.75) is 0 Å². The molecule has 0 spiro atoms. The van der Waals surface area contributed by atoms with Crippen molar-refractivity contribution in [3.8, 4) is 17.2 Å². The average Bonchev–Trinajstić information content (AvgIpc) is 2.35. The molecule has 2 aromatic carbocycles. The first-order chi connectivity index (χ1) is 8.54. The molecule has 0 radical (unpaired) electrons. The lowest BCUT2D eigenvalue weighted by Crippen LogP contribution is -1.86. The van der Waals surface area contributed by atoms with Gasteiger partial charge in [0, 0.05) is 5.56 Å². The van der Waals surface area contributed by atoms with Crippen LogP contribution in [0, 0.1) is 11.3 Å². The molecule has 1 nitrogen and oxygen atoms in total. The van der Waals surface area contributed by atoms with Gasteiger partial charge >= 0.3 is 0 Å². The number of hydrogen-bond acceptors (Lipinski definition) is 1. The zero-order valence-electron chi connectivity index (χ0n) is 8.85. The van der Waals surface area contributed by atoms with Gasteiger partial charge in [-0.2, -0.15) is 5.26 Å². The van der Waals surface area contributed by atoms with Crippen LogP contribution in [0.3, 0.4) is 0 Å². The molecule has 0 unspecified atom stereocenters. The van der Waals surface area contributed by atoms with E-state index < -0.39 is 0 Å². The zero-order chi connectivity index (χ0) is 13.3.